The standard InChI is InChI=1S/C25H22Cl2F4N6O2/c1-14(38)36-7-5-20(6-8-36)37-22(13-21(35-37)25(29,30)31)33-24(32-19-11-17(27)10-18(28)12-19)34-23(39)15-3-2-4-16(26)9-15/h2-4,9-13,20H,5-8H2,1H3,(H2,32,33,34,39). The molecular formula is C25H22Cl2F4N6O2. The summed E-state index contributed by atoms with van der Waals surface area (Å²) in [7, 11) is 0. The molecular weight excluding hydrogens is 563 g/mol. The molecule has 8 nitrogen and oxygen atoms in total. The van der Waals surface area contributed by atoms with Gasteiger partial charge in [0, 0.05) is 47.4 Å². The van der Waals surface area contributed by atoms with Crippen LogP contribution in [0.25, 0.3) is 0 Å². The summed E-state index contributed by atoms with van der Waals surface area (Å²) in [4.78, 5) is 30.5. The van der Waals surface area contributed by atoms with Crippen molar-refractivity contribution >= 4 is 52.5 Å². The molecule has 0 radical (unpaired) electrons. The van der Waals surface area contributed by atoms with Crippen molar-refractivity contribution in [3.05, 3.63) is 75.7 Å². The SMILES string of the molecule is CC(=O)N1CCC(n2nc(C(F)(F)F)cc2/N=C(/NC(=O)c2cccc(Cl)c2)Nc2cc(F)cc(Cl)c2)CC1. The van der Waals surface area contributed by atoms with Crippen LogP contribution >= 0.6 is 23.2 Å². The lowest BCUT2D eigenvalue weighted by molar-refractivity contribution is -0.141. The number of hydrogen-bond acceptors (Lipinski definition) is 4. The van der Waals surface area contributed by atoms with E-state index in [9.17, 15) is 27.2 Å². The number of alkyl halides is 3. The van der Waals surface area contributed by atoms with Crippen LogP contribution in [0.1, 0.15) is 41.9 Å². The zero-order valence-corrected chi connectivity index (χ0v) is 21.9. The van der Waals surface area contributed by atoms with Crippen LogP contribution in [0, 0.1) is 5.82 Å². The van der Waals surface area contributed by atoms with E-state index < -0.39 is 29.6 Å². The molecule has 0 saturated carbocycles. The minimum atomic E-state index is -4.76. The summed E-state index contributed by atoms with van der Waals surface area (Å²) < 4.78 is 56.0. The number of aliphatic imine (C=N–C) groups is 1. The highest BCUT2D eigenvalue weighted by Gasteiger charge is 2.36. The van der Waals surface area contributed by atoms with E-state index in [1.165, 1.54) is 25.1 Å². The second kappa shape index (κ2) is 11.6. The van der Waals surface area contributed by atoms with Crippen molar-refractivity contribution in [2.45, 2.75) is 32.0 Å². The lowest BCUT2D eigenvalue weighted by Crippen LogP contribution is -2.38. The lowest BCUT2D eigenvalue weighted by atomic mass is 10.1. The molecule has 1 saturated heterocycles. The van der Waals surface area contributed by atoms with Gasteiger partial charge in [-0.05, 0) is 49.2 Å². The molecule has 1 aromatic heterocycles. The third-order valence-electron chi connectivity index (χ3n) is 5.93. The van der Waals surface area contributed by atoms with Crippen LogP contribution in [0.5, 0.6) is 0 Å². The number of hydrogen-bond donors (Lipinski definition) is 2. The largest absolute Gasteiger partial charge is 0.435 e. The van der Waals surface area contributed by atoms with Crippen molar-refractivity contribution in [3.63, 3.8) is 0 Å². The predicted octanol–water partition coefficient (Wildman–Crippen LogP) is 6.06. The fourth-order valence-electron chi connectivity index (χ4n) is 4.07. The van der Waals surface area contributed by atoms with Crippen molar-refractivity contribution in [1.29, 1.82) is 0 Å². The molecule has 1 fully saturated rings. The molecule has 0 spiro atoms. The van der Waals surface area contributed by atoms with Crippen molar-refractivity contribution in [1.82, 2.24) is 20.0 Å². The first-order valence-electron chi connectivity index (χ1n) is 11.7. The monoisotopic (exact) mass is 584 g/mol. The van der Waals surface area contributed by atoms with Crippen molar-refractivity contribution < 1.29 is 27.2 Å². The number of benzene rings is 2. The molecule has 4 rings (SSSR count). The molecule has 3 aromatic rings. The van der Waals surface area contributed by atoms with Gasteiger partial charge in [0.15, 0.2) is 11.5 Å². The van der Waals surface area contributed by atoms with Crippen LogP contribution in [0.15, 0.2) is 53.5 Å². The average Bonchev–Trinajstić information content (AvgIpc) is 3.27. The second-order valence-electron chi connectivity index (χ2n) is 8.78. The van der Waals surface area contributed by atoms with E-state index in [4.69, 9.17) is 23.2 Å². The summed E-state index contributed by atoms with van der Waals surface area (Å²) >= 11 is 11.9. The normalized spacial score (nSPS) is 14.8. The first-order chi connectivity index (χ1) is 18.4. The second-order valence-corrected chi connectivity index (χ2v) is 9.65. The maximum atomic E-state index is 14.0. The number of nitrogens with zero attached hydrogens (tertiary/aromatic N) is 4. The topological polar surface area (TPSA) is 91.6 Å². The van der Waals surface area contributed by atoms with Gasteiger partial charge >= 0.3 is 6.18 Å². The number of carbonyl (C=O) groups excluding carboxylic acids is 2. The number of nitrogens with one attached hydrogen (secondary N) is 2. The zero-order valence-electron chi connectivity index (χ0n) is 20.4. The highest BCUT2D eigenvalue weighted by molar-refractivity contribution is 6.31. The highest BCUT2D eigenvalue weighted by Crippen LogP contribution is 2.34. The first kappa shape index (κ1) is 28.4. The summed E-state index contributed by atoms with van der Waals surface area (Å²) in [6, 6.07) is 9.72. The van der Waals surface area contributed by atoms with Crippen LogP contribution in [0.3, 0.4) is 0 Å². The molecule has 0 bridgehead atoms. The number of amides is 2. The Balaban J connectivity index is 1.74. The molecule has 2 amide bonds. The average molecular weight is 585 g/mol. The molecule has 39 heavy (non-hydrogen) atoms. The fourth-order valence-corrected chi connectivity index (χ4v) is 4.49. The number of anilines is 1. The van der Waals surface area contributed by atoms with Crippen molar-refractivity contribution in [3.8, 4) is 0 Å². The van der Waals surface area contributed by atoms with Gasteiger partial charge in [-0.1, -0.05) is 29.3 Å². The number of aromatic nitrogens is 2. The Bertz CT molecular complexity index is 1400. The molecule has 0 atom stereocenters. The molecule has 2 N–H and O–H groups in total. The van der Waals surface area contributed by atoms with E-state index in [0.29, 0.717) is 25.9 Å². The van der Waals surface area contributed by atoms with Crippen LogP contribution in [-0.4, -0.2) is 45.5 Å². The van der Waals surface area contributed by atoms with Gasteiger partial charge in [0.05, 0.1) is 6.04 Å². The summed E-state index contributed by atoms with van der Waals surface area (Å²) in [5.74, 6) is -2.01. The van der Waals surface area contributed by atoms with Gasteiger partial charge in [0.25, 0.3) is 5.91 Å². The Morgan fingerprint density at radius 3 is 2.38 bits per heavy atom. The highest BCUT2D eigenvalue weighted by atomic mass is 35.5. The van der Waals surface area contributed by atoms with E-state index in [-0.39, 0.29) is 39.0 Å². The fraction of sp³-hybridized carbons (Fsp3) is 0.280. The Hall–Kier alpha value is -3.64. The predicted molar refractivity (Wildman–Crippen MR) is 139 cm³/mol. The van der Waals surface area contributed by atoms with Crippen molar-refractivity contribution in [2.75, 3.05) is 18.4 Å². The molecule has 14 heteroatoms. The molecule has 206 valence electrons. The van der Waals surface area contributed by atoms with Gasteiger partial charge in [0.1, 0.15) is 5.82 Å². The van der Waals surface area contributed by atoms with Crippen LogP contribution in [-0.2, 0) is 11.0 Å². The molecule has 0 aliphatic carbocycles. The Morgan fingerprint density at radius 1 is 1.05 bits per heavy atom. The van der Waals surface area contributed by atoms with Gasteiger partial charge in [-0.2, -0.15) is 23.3 Å². The van der Waals surface area contributed by atoms with E-state index in [0.717, 1.165) is 22.9 Å². The Morgan fingerprint density at radius 2 is 1.77 bits per heavy atom. The van der Waals surface area contributed by atoms with E-state index in [1.54, 1.807) is 17.0 Å². The van der Waals surface area contributed by atoms with E-state index >= 15 is 0 Å². The number of guanidine groups is 1. The van der Waals surface area contributed by atoms with Crippen LogP contribution in [0.2, 0.25) is 10.0 Å². The molecule has 1 aliphatic rings. The third-order valence-corrected chi connectivity index (χ3v) is 6.39. The van der Waals surface area contributed by atoms with Gasteiger partial charge in [0.2, 0.25) is 11.9 Å². The quantitative estimate of drug-likeness (QED) is 0.221. The number of halogens is 6. The summed E-state index contributed by atoms with van der Waals surface area (Å²) in [6.45, 7) is 2.09. The van der Waals surface area contributed by atoms with Crippen molar-refractivity contribution in [2.24, 2.45) is 4.99 Å². The maximum Gasteiger partial charge on any atom is 0.435 e. The number of likely N-dealkylation sites (tertiary alicyclic amines) is 1. The molecule has 0 unspecified atom stereocenters. The molecule has 1 aliphatic heterocycles. The van der Waals surface area contributed by atoms with Crippen LogP contribution in [0.4, 0.5) is 29.1 Å². The van der Waals surface area contributed by atoms with Gasteiger partial charge in [-0.25, -0.2) is 9.07 Å². The zero-order chi connectivity index (χ0) is 28.3. The summed E-state index contributed by atoms with van der Waals surface area (Å²) in [6.07, 6.45) is -4.07. The first-order valence-corrected chi connectivity index (χ1v) is 12.5. The maximum absolute atomic E-state index is 14.0. The Kier molecular flexibility index (Phi) is 8.45. The molecule has 2 aromatic carbocycles. The third kappa shape index (κ3) is 7.27. The smallest absolute Gasteiger partial charge is 0.343 e. The lowest BCUT2D eigenvalue weighted by Gasteiger charge is -2.31. The van der Waals surface area contributed by atoms with Gasteiger partial charge in [-0.3, -0.25) is 14.9 Å². The van der Waals surface area contributed by atoms with E-state index in [2.05, 4.69) is 20.7 Å². The van der Waals surface area contributed by atoms with E-state index in [1.807, 2.05) is 0 Å². The number of piperidine rings is 1. The number of rotatable bonds is 4. The number of carbonyl (C=O) groups is 2. The summed E-state index contributed by atoms with van der Waals surface area (Å²) in [5.41, 5.74) is -0.943. The minimum Gasteiger partial charge on any atom is -0.343 e. The Labute approximate surface area is 230 Å². The molecule has 2 heterocycles. The van der Waals surface area contributed by atoms with Gasteiger partial charge in [-0.15, -0.1) is 0 Å². The minimum absolute atomic E-state index is 0.0413. The van der Waals surface area contributed by atoms with Crippen LogP contribution < -0.4 is 10.6 Å². The van der Waals surface area contributed by atoms with Gasteiger partial charge < -0.3 is 10.2 Å². The summed E-state index contributed by atoms with van der Waals surface area (Å²) in [5, 5.41) is 9.29.